The fraction of sp³-hybridized carbons (Fsp3) is 0.643. The minimum Gasteiger partial charge on any atom is -0.386 e. The van der Waals surface area contributed by atoms with Gasteiger partial charge in [0.1, 0.15) is 6.10 Å². The first-order valence-corrected chi connectivity index (χ1v) is 7.84. The standard InChI is InChI=1S/C14H18BrNOS/c1-13(2)5-7-14(9-16,8-6-13)12(17)10-3-4-11(15)18-10/h3-4,12,17H,5-8H2,1-2H3. The zero-order valence-electron chi connectivity index (χ0n) is 10.7. The lowest BCUT2D eigenvalue weighted by molar-refractivity contribution is 0.0117. The molecule has 1 fully saturated rings. The molecule has 1 N–H and O–H groups in total. The molecule has 0 radical (unpaired) electrons. The van der Waals surface area contributed by atoms with E-state index in [4.69, 9.17) is 0 Å². The molecule has 2 rings (SSSR count). The minimum atomic E-state index is -0.658. The van der Waals surface area contributed by atoms with Gasteiger partial charge in [0.15, 0.2) is 0 Å². The van der Waals surface area contributed by atoms with E-state index >= 15 is 0 Å². The third-order valence-electron chi connectivity index (χ3n) is 4.11. The van der Waals surface area contributed by atoms with Gasteiger partial charge < -0.3 is 5.11 Å². The van der Waals surface area contributed by atoms with Crippen LogP contribution in [-0.4, -0.2) is 5.11 Å². The zero-order chi connectivity index (χ0) is 13.4. The van der Waals surface area contributed by atoms with E-state index in [0.29, 0.717) is 5.41 Å². The van der Waals surface area contributed by atoms with E-state index < -0.39 is 11.5 Å². The first-order valence-electron chi connectivity index (χ1n) is 6.23. The number of nitrogens with zero attached hydrogens (tertiary/aromatic N) is 1. The van der Waals surface area contributed by atoms with Gasteiger partial charge in [-0.2, -0.15) is 5.26 Å². The molecule has 98 valence electrons. The summed E-state index contributed by atoms with van der Waals surface area (Å²) in [4.78, 5) is 0.892. The lowest BCUT2D eigenvalue weighted by Gasteiger charge is -2.41. The molecule has 0 spiro atoms. The normalized spacial score (nSPS) is 23.3. The van der Waals surface area contributed by atoms with Gasteiger partial charge in [-0.3, -0.25) is 0 Å². The summed E-state index contributed by atoms with van der Waals surface area (Å²) in [5.41, 5.74) is -0.296. The summed E-state index contributed by atoms with van der Waals surface area (Å²) in [6.45, 7) is 4.48. The lowest BCUT2D eigenvalue weighted by Crippen LogP contribution is -2.34. The van der Waals surface area contributed by atoms with Crippen molar-refractivity contribution < 1.29 is 5.11 Å². The van der Waals surface area contributed by atoms with Gasteiger partial charge >= 0.3 is 0 Å². The number of aliphatic hydroxyl groups is 1. The molecule has 1 saturated carbocycles. The minimum absolute atomic E-state index is 0.302. The summed E-state index contributed by atoms with van der Waals surface area (Å²) < 4.78 is 1.00. The number of aliphatic hydroxyl groups excluding tert-OH is 1. The molecule has 1 aromatic rings. The van der Waals surface area contributed by atoms with Crippen molar-refractivity contribution in [2.24, 2.45) is 10.8 Å². The highest BCUT2D eigenvalue weighted by Gasteiger charge is 2.44. The predicted octanol–water partition coefficient (Wildman–Crippen LogP) is 4.65. The van der Waals surface area contributed by atoms with Crippen LogP contribution >= 0.6 is 27.3 Å². The van der Waals surface area contributed by atoms with Crippen LogP contribution in [0, 0.1) is 22.2 Å². The molecule has 18 heavy (non-hydrogen) atoms. The lowest BCUT2D eigenvalue weighted by atomic mass is 9.63. The molecule has 1 aromatic heterocycles. The maximum atomic E-state index is 10.5. The highest BCUT2D eigenvalue weighted by Crippen LogP contribution is 2.51. The van der Waals surface area contributed by atoms with Crippen LogP contribution in [0.2, 0.25) is 0 Å². The van der Waals surface area contributed by atoms with Crippen LogP contribution in [0.3, 0.4) is 0 Å². The van der Waals surface area contributed by atoms with Crippen molar-refractivity contribution in [1.82, 2.24) is 0 Å². The van der Waals surface area contributed by atoms with Crippen LogP contribution in [0.25, 0.3) is 0 Å². The molecule has 1 heterocycles. The van der Waals surface area contributed by atoms with E-state index in [9.17, 15) is 10.4 Å². The average molecular weight is 328 g/mol. The maximum Gasteiger partial charge on any atom is 0.107 e. The monoisotopic (exact) mass is 327 g/mol. The molecule has 2 nitrogen and oxygen atoms in total. The Labute approximate surface area is 121 Å². The maximum absolute atomic E-state index is 10.5. The predicted molar refractivity (Wildman–Crippen MR) is 77.3 cm³/mol. The molecular formula is C14H18BrNOS. The molecular weight excluding hydrogens is 310 g/mol. The van der Waals surface area contributed by atoms with Crippen molar-refractivity contribution in [3.63, 3.8) is 0 Å². The Balaban J connectivity index is 2.22. The summed E-state index contributed by atoms with van der Waals surface area (Å²) in [5, 5.41) is 20.1. The third kappa shape index (κ3) is 2.64. The number of nitriles is 1. The summed E-state index contributed by atoms with van der Waals surface area (Å²) in [6, 6.07) is 6.25. The molecule has 0 saturated heterocycles. The van der Waals surface area contributed by atoms with Crippen LogP contribution in [-0.2, 0) is 0 Å². The van der Waals surface area contributed by atoms with E-state index in [0.717, 1.165) is 34.3 Å². The summed E-state index contributed by atoms with van der Waals surface area (Å²) in [6.07, 6.45) is 2.92. The SMILES string of the molecule is CC1(C)CCC(C#N)(C(O)c2ccc(Br)s2)CC1. The fourth-order valence-electron chi connectivity index (χ4n) is 2.57. The van der Waals surface area contributed by atoms with Crippen LogP contribution in [0.15, 0.2) is 15.9 Å². The zero-order valence-corrected chi connectivity index (χ0v) is 13.1. The van der Waals surface area contributed by atoms with Gasteiger partial charge in [-0.25, -0.2) is 0 Å². The van der Waals surface area contributed by atoms with Crippen molar-refractivity contribution >= 4 is 27.3 Å². The van der Waals surface area contributed by atoms with Gasteiger partial charge in [-0.15, -0.1) is 11.3 Å². The Bertz CT molecular complexity index is 464. The van der Waals surface area contributed by atoms with Crippen LogP contribution in [0.4, 0.5) is 0 Å². The summed E-state index contributed by atoms with van der Waals surface area (Å²) in [7, 11) is 0. The van der Waals surface area contributed by atoms with Crippen LogP contribution < -0.4 is 0 Å². The average Bonchev–Trinajstić information content (AvgIpc) is 2.76. The number of halogens is 1. The smallest absolute Gasteiger partial charge is 0.107 e. The van der Waals surface area contributed by atoms with Crippen LogP contribution in [0.5, 0.6) is 0 Å². The van der Waals surface area contributed by atoms with Gasteiger partial charge in [0, 0.05) is 4.88 Å². The molecule has 1 atom stereocenters. The molecule has 0 aromatic carbocycles. The Hall–Kier alpha value is -0.370. The van der Waals surface area contributed by atoms with Gasteiger partial charge in [0.05, 0.1) is 15.3 Å². The second kappa shape index (κ2) is 4.96. The summed E-state index contributed by atoms with van der Waals surface area (Å²) >= 11 is 4.93. The van der Waals surface area contributed by atoms with Crippen molar-refractivity contribution in [2.75, 3.05) is 0 Å². The van der Waals surface area contributed by atoms with Crippen molar-refractivity contribution in [3.8, 4) is 6.07 Å². The second-order valence-corrected chi connectivity index (χ2v) is 8.47. The van der Waals surface area contributed by atoms with E-state index in [1.54, 1.807) is 0 Å². The van der Waals surface area contributed by atoms with Gasteiger partial charge in [-0.1, -0.05) is 13.8 Å². The van der Waals surface area contributed by atoms with Gasteiger partial charge in [-0.05, 0) is 59.2 Å². The Morgan fingerprint density at radius 2 is 1.94 bits per heavy atom. The molecule has 0 bridgehead atoms. The number of hydrogen-bond acceptors (Lipinski definition) is 3. The molecule has 1 aliphatic rings. The second-order valence-electron chi connectivity index (χ2n) is 5.98. The van der Waals surface area contributed by atoms with E-state index in [1.807, 2.05) is 12.1 Å². The highest BCUT2D eigenvalue weighted by molar-refractivity contribution is 9.11. The third-order valence-corrected chi connectivity index (χ3v) is 5.78. The van der Waals surface area contributed by atoms with E-state index in [-0.39, 0.29) is 0 Å². The van der Waals surface area contributed by atoms with E-state index in [2.05, 4.69) is 35.8 Å². The number of rotatable bonds is 2. The van der Waals surface area contributed by atoms with Crippen LogP contribution in [0.1, 0.15) is 50.5 Å². The molecule has 1 unspecified atom stereocenters. The first-order chi connectivity index (χ1) is 8.38. The Morgan fingerprint density at radius 3 is 2.39 bits per heavy atom. The first kappa shape index (κ1) is 14.0. The van der Waals surface area contributed by atoms with E-state index in [1.165, 1.54) is 11.3 Å². The topological polar surface area (TPSA) is 44.0 Å². The number of thiophene rings is 1. The van der Waals surface area contributed by atoms with Gasteiger partial charge in [0.2, 0.25) is 0 Å². The van der Waals surface area contributed by atoms with Crippen molar-refractivity contribution in [2.45, 2.75) is 45.6 Å². The molecule has 1 aliphatic carbocycles. The van der Waals surface area contributed by atoms with Crippen molar-refractivity contribution in [3.05, 3.63) is 20.8 Å². The molecule has 0 amide bonds. The highest BCUT2D eigenvalue weighted by atomic mass is 79.9. The van der Waals surface area contributed by atoms with Crippen molar-refractivity contribution in [1.29, 1.82) is 5.26 Å². The molecule has 0 aliphatic heterocycles. The fourth-order valence-corrected chi connectivity index (χ4v) is 4.09. The largest absolute Gasteiger partial charge is 0.386 e. The Morgan fingerprint density at radius 1 is 1.33 bits per heavy atom. The Kier molecular flexibility index (Phi) is 3.87. The number of hydrogen-bond donors (Lipinski definition) is 1. The van der Waals surface area contributed by atoms with Gasteiger partial charge in [0.25, 0.3) is 0 Å². The molecule has 4 heteroatoms. The summed E-state index contributed by atoms with van der Waals surface area (Å²) in [5.74, 6) is 0. The quantitative estimate of drug-likeness (QED) is 0.858.